The third kappa shape index (κ3) is 4.54. The van der Waals surface area contributed by atoms with Crippen LogP contribution in [0.15, 0.2) is 88.0 Å². The van der Waals surface area contributed by atoms with Crippen LogP contribution in [0.3, 0.4) is 0 Å². The van der Waals surface area contributed by atoms with Crippen LogP contribution in [0.5, 0.6) is 5.75 Å². The van der Waals surface area contributed by atoms with E-state index in [1.165, 1.54) is 14.3 Å². The topological polar surface area (TPSA) is 124 Å². The second-order valence-electron chi connectivity index (χ2n) is 14.6. The van der Waals surface area contributed by atoms with Gasteiger partial charge in [-0.15, -0.1) is 11.3 Å². The molecule has 3 aromatic heterocycles. The Bertz CT molecular complexity index is 2710. The molecule has 0 bridgehead atoms. The summed E-state index contributed by atoms with van der Waals surface area (Å²) in [6.45, 7) is 7.57. The van der Waals surface area contributed by atoms with Gasteiger partial charge in [0.15, 0.2) is 0 Å². The normalized spacial score (nSPS) is 22.3. The van der Waals surface area contributed by atoms with Crippen molar-refractivity contribution in [1.82, 2.24) is 23.7 Å². The maximum atomic E-state index is 15.1. The number of halogens is 1. The lowest BCUT2D eigenvalue weighted by molar-refractivity contribution is -0.129. The van der Waals surface area contributed by atoms with Crippen molar-refractivity contribution in [3.05, 3.63) is 127 Å². The van der Waals surface area contributed by atoms with Gasteiger partial charge in [-0.3, -0.25) is 14.3 Å². The monoisotopic (exact) mass is 746 g/mol. The number of anilines is 1. The third-order valence-electron chi connectivity index (χ3n) is 11.6. The summed E-state index contributed by atoms with van der Waals surface area (Å²) >= 11 is 7.89. The van der Waals surface area contributed by atoms with E-state index in [9.17, 15) is 19.5 Å². The van der Waals surface area contributed by atoms with Crippen molar-refractivity contribution in [3.63, 3.8) is 0 Å². The summed E-state index contributed by atoms with van der Waals surface area (Å²) in [5.74, 6) is -1.76. The molecule has 4 atom stereocenters. The number of hydrogen-bond acceptors (Lipinski definition) is 7. The molecule has 0 radical (unpaired) electrons. The molecule has 3 aliphatic rings. The number of phenols is 1. The zero-order valence-electron chi connectivity index (χ0n) is 29.6. The summed E-state index contributed by atoms with van der Waals surface area (Å²) in [6.07, 6.45) is 2.07. The quantitative estimate of drug-likeness (QED) is 0.161. The average molecular weight is 747 g/mol. The minimum atomic E-state index is -1.27. The van der Waals surface area contributed by atoms with Crippen LogP contribution in [-0.2, 0) is 23.2 Å². The Hall–Kier alpha value is -5.46. The van der Waals surface area contributed by atoms with Crippen LogP contribution in [0.4, 0.5) is 5.82 Å². The lowest BCUT2D eigenvalue weighted by Crippen LogP contribution is -2.49. The Morgan fingerprint density at radius 1 is 0.943 bits per heavy atom. The summed E-state index contributed by atoms with van der Waals surface area (Å²) in [5.41, 5.74) is 2.63. The first-order valence-electron chi connectivity index (χ1n) is 17.4. The number of imide groups is 1. The fraction of sp³-hybridized carbons (Fsp3) is 0.275. The van der Waals surface area contributed by atoms with E-state index in [1.54, 1.807) is 67.2 Å². The Morgan fingerprint density at radius 2 is 1.66 bits per heavy atom. The van der Waals surface area contributed by atoms with E-state index in [-0.39, 0.29) is 24.6 Å². The number of phenolic OH excluding ortho intramolecular Hbond substituents is 1. The van der Waals surface area contributed by atoms with Crippen LogP contribution in [0.25, 0.3) is 26.3 Å². The molecule has 2 fully saturated rings. The molecule has 6 aromatic rings. The first-order valence-corrected chi connectivity index (χ1v) is 18.6. The van der Waals surface area contributed by atoms with Crippen molar-refractivity contribution in [1.29, 1.82) is 0 Å². The molecule has 3 aromatic carbocycles. The number of carbonyl (C=O) groups is 2. The van der Waals surface area contributed by atoms with Crippen molar-refractivity contribution in [2.24, 2.45) is 18.4 Å². The Morgan fingerprint density at radius 3 is 2.38 bits per heavy atom. The Kier molecular flexibility index (Phi) is 7.25. The molecule has 1 saturated heterocycles. The molecule has 268 valence electrons. The van der Waals surface area contributed by atoms with Crippen LogP contribution in [0.1, 0.15) is 47.6 Å². The minimum Gasteiger partial charge on any atom is -0.507 e. The number of nitrogens with zero attached hydrogens (tertiary/aromatic N) is 6. The smallest absolute Gasteiger partial charge is 0.352 e. The number of thiophene rings is 1. The zero-order chi connectivity index (χ0) is 37.2. The first kappa shape index (κ1) is 33.4. The number of para-hydroxylation sites is 1. The molecule has 4 unspecified atom stereocenters. The largest absolute Gasteiger partial charge is 0.507 e. The van der Waals surface area contributed by atoms with E-state index in [4.69, 9.17) is 16.7 Å². The highest BCUT2D eigenvalue weighted by atomic mass is 35.5. The zero-order valence-corrected chi connectivity index (χ0v) is 31.2. The van der Waals surface area contributed by atoms with Crippen molar-refractivity contribution in [2.75, 3.05) is 4.90 Å². The fourth-order valence-corrected chi connectivity index (χ4v) is 10.4. The number of allylic oxidation sites excluding steroid dienone is 2. The van der Waals surface area contributed by atoms with Gasteiger partial charge in [-0.1, -0.05) is 48.0 Å². The van der Waals surface area contributed by atoms with Crippen LogP contribution >= 0.6 is 22.9 Å². The number of rotatable bonds is 4. The van der Waals surface area contributed by atoms with Crippen molar-refractivity contribution >= 4 is 50.7 Å². The van der Waals surface area contributed by atoms with Gasteiger partial charge in [-0.05, 0) is 97.7 Å². The van der Waals surface area contributed by atoms with Gasteiger partial charge in [0.1, 0.15) is 17.3 Å². The number of hydrogen-bond donors (Lipinski definition) is 1. The van der Waals surface area contributed by atoms with Gasteiger partial charge in [0.25, 0.3) is 0 Å². The number of aromatic nitrogens is 5. The highest BCUT2D eigenvalue weighted by molar-refractivity contribution is 7.22. The number of fused-ring (bicyclic) bond motifs is 5. The number of amides is 2. The highest BCUT2D eigenvalue weighted by Crippen LogP contribution is 2.61. The van der Waals surface area contributed by atoms with Crippen molar-refractivity contribution in [3.8, 4) is 22.0 Å². The van der Waals surface area contributed by atoms with Gasteiger partial charge in [-0.2, -0.15) is 5.10 Å². The molecule has 53 heavy (non-hydrogen) atoms. The van der Waals surface area contributed by atoms with E-state index in [0.29, 0.717) is 33.3 Å². The van der Waals surface area contributed by atoms with Gasteiger partial charge in [0.2, 0.25) is 11.8 Å². The first-order chi connectivity index (χ1) is 25.3. The Balaban J connectivity index is 1.21. The summed E-state index contributed by atoms with van der Waals surface area (Å²) in [6, 6.07) is 19.3. The number of aromatic hydroxyl groups is 1. The molecule has 1 aliphatic carbocycles. The summed E-state index contributed by atoms with van der Waals surface area (Å²) in [5, 5.41) is 17.2. The van der Waals surface area contributed by atoms with Crippen LogP contribution in [0, 0.1) is 32.1 Å². The lowest BCUT2D eigenvalue weighted by atomic mass is 9.56. The van der Waals surface area contributed by atoms with Crippen LogP contribution in [-0.4, -0.2) is 40.6 Å². The maximum absolute atomic E-state index is 15.1. The molecule has 2 aliphatic heterocycles. The minimum absolute atomic E-state index is 0.115. The predicted molar refractivity (Wildman–Crippen MR) is 204 cm³/mol. The summed E-state index contributed by atoms with van der Waals surface area (Å²) in [7, 11) is 1.72. The lowest BCUT2D eigenvalue weighted by Gasteiger charge is -2.47. The van der Waals surface area contributed by atoms with E-state index in [2.05, 4.69) is 0 Å². The van der Waals surface area contributed by atoms with Gasteiger partial charge >= 0.3 is 11.4 Å². The second-order valence-corrected chi connectivity index (χ2v) is 16.1. The van der Waals surface area contributed by atoms with Crippen LogP contribution < -0.4 is 16.3 Å². The van der Waals surface area contributed by atoms with Gasteiger partial charge in [0, 0.05) is 28.8 Å². The molecule has 11 nitrogen and oxygen atoms in total. The number of benzene rings is 3. The van der Waals surface area contributed by atoms with Crippen LogP contribution in [0.2, 0.25) is 5.02 Å². The maximum Gasteiger partial charge on any atom is 0.352 e. The number of carbonyl (C=O) groups excluding carboxylic acids is 2. The van der Waals surface area contributed by atoms with E-state index in [0.717, 1.165) is 36.2 Å². The second kappa shape index (κ2) is 11.5. The SMILES string of the molecule is Cc1cc(C2C3=CCn4c(=O)n(-c5ccccc5)c(=O)n4C3CC3C(=O)N(c4cc(-c5sc6ccc(Cl)cc6c5C)nn4C)C(=O)C32C)cc(C)c1O. The predicted octanol–water partition coefficient (Wildman–Crippen LogP) is 6.56. The third-order valence-corrected chi connectivity index (χ3v) is 13.1. The van der Waals surface area contributed by atoms with Gasteiger partial charge in [0.05, 0.1) is 34.5 Å². The summed E-state index contributed by atoms with van der Waals surface area (Å²) < 4.78 is 6.67. The molecule has 9 rings (SSSR count). The van der Waals surface area contributed by atoms with Crippen molar-refractivity contribution in [2.45, 2.75) is 52.6 Å². The van der Waals surface area contributed by atoms with E-state index < -0.39 is 40.6 Å². The summed E-state index contributed by atoms with van der Waals surface area (Å²) in [4.78, 5) is 60.2. The van der Waals surface area contributed by atoms with Crippen molar-refractivity contribution < 1.29 is 14.7 Å². The molecule has 5 heterocycles. The standard InChI is InChI=1S/C40H35ClN6O5S/c1-20-15-23(16-21(2)34(20)48)33-26-13-14-44-38(51)45(25-9-7-6-8-10-25)39(52)47(44)30(26)18-28-36(49)46(37(50)40(28,33)4)32-19-29(42-43(32)5)35-22(3)27-17-24(41)11-12-31(27)53-35/h6-13,15-17,19,28,30,33,48H,14,18H2,1-5H3. The molecule has 1 N–H and O–H groups in total. The molecule has 2 amide bonds. The highest BCUT2D eigenvalue weighted by Gasteiger charge is 2.66. The molecular formula is C40H35ClN6O5S. The average Bonchev–Trinajstić information content (AvgIpc) is 3.80. The molecule has 1 saturated carbocycles. The van der Waals surface area contributed by atoms with E-state index >= 15 is 4.79 Å². The van der Waals surface area contributed by atoms with Gasteiger partial charge < -0.3 is 5.11 Å². The Labute approximate surface area is 312 Å². The molecular weight excluding hydrogens is 712 g/mol. The fourth-order valence-electron chi connectivity index (χ4n) is 9.04. The number of aryl methyl sites for hydroxylation is 4. The molecule has 13 heteroatoms. The van der Waals surface area contributed by atoms with Gasteiger partial charge in [-0.25, -0.2) is 28.4 Å². The van der Waals surface area contributed by atoms with E-state index in [1.807, 2.05) is 56.3 Å². The molecule has 0 spiro atoms.